The SMILES string of the molecule is Cn1nnn(-c2cccc(OC(F)F)c2COc2ccccc2)c1=O. The number of aryl methyl sites for hydroxylation is 1. The number of nitrogens with zero attached hydrogens (tertiary/aromatic N) is 4. The van der Waals surface area contributed by atoms with E-state index >= 15 is 0 Å². The number of tetrazole rings is 1. The lowest BCUT2D eigenvalue weighted by Gasteiger charge is -2.15. The molecule has 0 aliphatic rings. The van der Waals surface area contributed by atoms with Crippen LogP contribution in [0.3, 0.4) is 0 Å². The van der Waals surface area contributed by atoms with Crippen molar-refractivity contribution >= 4 is 0 Å². The van der Waals surface area contributed by atoms with Crippen molar-refractivity contribution in [2.75, 3.05) is 0 Å². The van der Waals surface area contributed by atoms with Gasteiger partial charge in [0.25, 0.3) is 0 Å². The van der Waals surface area contributed by atoms with Gasteiger partial charge in [0.15, 0.2) is 0 Å². The van der Waals surface area contributed by atoms with Gasteiger partial charge in [-0.1, -0.05) is 24.3 Å². The van der Waals surface area contributed by atoms with Crippen LogP contribution in [0.4, 0.5) is 8.78 Å². The van der Waals surface area contributed by atoms with Gasteiger partial charge in [-0.15, -0.1) is 0 Å². The first-order chi connectivity index (χ1) is 12.1. The monoisotopic (exact) mass is 348 g/mol. The number of benzene rings is 2. The predicted molar refractivity (Wildman–Crippen MR) is 84.0 cm³/mol. The van der Waals surface area contributed by atoms with Crippen LogP contribution in [0.15, 0.2) is 53.3 Å². The van der Waals surface area contributed by atoms with Crippen molar-refractivity contribution in [3.8, 4) is 17.2 Å². The van der Waals surface area contributed by atoms with E-state index in [1.54, 1.807) is 30.3 Å². The second kappa shape index (κ2) is 7.12. The summed E-state index contributed by atoms with van der Waals surface area (Å²) in [5.74, 6) is 0.452. The highest BCUT2D eigenvalue weighted by atomic mass is 19.3. The maximum absolute atomic E-state index is 12.7. The van der Waals surface area contributed by atoms with Crippen LogP contribution < -0.4 is 15.2 Å². The molecule has 0 spiro atoms. The molecule has 0 N–H and O–H groups in total. The van der Waals surface area contributed by atoms with E-state index < -0.39 is 12.3 Å². The molecule has 130 valence electrons. The number of halogens is 2. The number of para-hydroxylation sites is 1. The van der Waals surface area contributed by atoms with Crippen LogP contribution in [0.1, 0.15) is 5.56 Å². The zero-order valence-electron chi connectivity index (χ0n) is 13.2. The number of hydrogen-bond acceptors (Lipinski definition) is 5. The molecule has 1 heterocycles. The lowest BCUT2D eigenvalue weighted by Crippen LogP contribution is -2.23. The summed E-state index contributed by atoms with van der Waals surface area (Å²) < 4.78 is 37.7. The number of rotatable bonds is 6. The summed E-state index contributed by atoms with van der Waals surface area (Å²) in [6.07, 6.45) is 0. The Bertz CT molecular complexity index is 909. The van der Waals surface area contributed by atoms with E-state index in [1.165, 1.54) is 19.2 Å². The molecule has 9 heteroatoms. The highest BCUT2D eigenvalue weighted by Gasteiger charge is 2.18. The Kier molecular flexibility index (Phi) is 4.73. The summed E-state index contributed by atoms with van der Waals surface area (Å²) in [5.41, 5.74) is -0.00316. The van der Waals surface area contributed by atoms with Crippen LogP contribution in [0.25, 0.3) is 5.69 Å². The van der Waals surface area contributed by atoms with Gasteiger partial charge in [-0.3, -0.25) is 0 Å². The van der Waals surface area contributed by atoms with E-state index in [4.69, 9.17) is 4.74 Å². The molecule has 1 aromatic heterocycles. The summed E-state index contributed by atoms with van der Waals surface area (Å²) in [6.45, 7) is -3.10. The third-order valence-corrected chi connectivity index (χ3v) is 3.40. The molecule has 3 aromatic rings. The number of alkyl halides is 2. The second-order valence-corrected chi connectivity index (χ2v) is 5.03. The molecule has 2 aromatic carbocycles. The van der Waals surface area contributed by atoms with Gasteiger partial charge in [0.05, 0.1) is 11.3 Å². The molecule has 3 rings (SSSR count). The lowest BCUT2D eigenvalue weighted by atomic mass is 10.1. The molecule has 0 saturated heterocycles. The molecule has 0 radical (unpaired) electrons. The maximum atomic E-state index is 12.7. The molecular weight excluding hydrogens is 334 g/mol. The summed E-state index contributed by atoms with van der Waals surface area (Å²) >= 11 is 0. The summed E-state index contributed by atoms with van der Waals surface area (Å²) in [7, 11) is 1.44. The smallest absolute Gasteiger partial charge is 0.387 e. The van der Waals surface area contributed by atoms with Gasteiger partial charge >= 0.3 is 12.3 Å². The van der Waals surface area contributed by atoms with Crippen LogP contribution in [0, 0.1) is 0 Å². The summed E-state index contributed by atoms with van der Waals surface area (Å²) in [6, 6.07) is 13.3. The predicted octanol–water partition coefficient (Wildman–Crippen LogP) is 2.15. The standard InChI is InChI=1S/C16H14F2N4O3/c1-21-16(23)22(20-19-21)13-8-5-9-14(25-15(17)18)12(13)10-24-11-6-3-2-4-7-11/h2-9,15H,10H2,1H3. The fourth-order valence-electron chi connectivity index (χ4n) is 2.24. The van der Waals surface area contributed by atoms with Crippen LogP contribution in [0.5, 0.6) is 11.5 Å². The first-order valence-corrected chi connectivity index (χ1v) is 7.30. The van der Waals surface area contributed by atoms with Gasteiger partial charge in [0.2, 0.25) is 0 Å². The van der Waals surface area contributed by atoms with Crippen molar-refractivity contribution in [1.29, 1.82) is 0 Å². The molecule has 0 aliphatic heterocycles. The molecule has 7 nitrogen and oxygen atoms in total. The van der Waals surface area contributed by atoms with Crippen molar-refractivity contribution in [3.05, 3.63) is 64.6 Å². The highest BCUT2D eigenvalue weighted by molar-refractivity contribution is 5.49. The van der Waals surface area contributed by atoms with Gasteiger partial charge < -0.3 is 9.47 Å². The molecule has 0 atom stereocenters. The van der Waals surface area contributed by atoms with Crippen molar-refractivity contribution in [2.45, 2.75) is 13.2 Å². The second-order valence-electron chi connectivity index (χ2n) is 5.03. The Morgan fingerprint density at radius 1 is 1.08 bits per heavy atom. The molecule has 0 fully saturated rings. The van der Waals surface area contributed by atoms with Crippen LogP contribution >= 0.6 is 0 Å². The van der Waals surface area contributed by atoms with Crippen LogP contribution in [0.2, 0.25) is 0 Å². The third-order valence-electron chi connectivity index (χ3n) is 3.40. The van der Waals surface area contributed by atoms with Gasteiger partial charge in [-0.05, 0) is 34.7 Å². The molecule has 25 heavy (non-hydrogen) atoms. The zero-order valence-corrected chi connectivity index (χ0v) is 13.2. The van der Waals surface area contributed by atoms with Gasteiger partial charge in [0, 0.05) is 7.05 Å². The molecule has 0 unspecified atom stereocenters. The first kappa shape index (κ1) is 16.6. The van der Waals surface area contributed by atoms with Crippen molar-refractivity contribution < 1.29 is 18.3 Å². The van der Waals surface area contributed by atoms with E-state index in [2.05, 4.69) is 15.2 Å². The minimum atomic E-state index is -3.01. The quantitative estimate of drug-likeness (QED) is 0.683. The summed E-state index contributed by atoms with van der Waals surface area (Å²) in [4.78, 5) is 12.1. The number of hydrogen-bond donors (Lipinski definition) is 0. The third kappa shape index (κ3) is 3.65. The van der Waals surface area contributed by atoms with Crippen molar-refractivity contribution in [1.82, 2.24) is 19.8 Å². The minimum absolute atomic E-state index is 0.0920. The molecular formula is C16H14F2N4O3. The fourth-order valence-corrected chi connectivity index (χ4v) is 2.24. The average molecular weight is 348 g/mol. The highest BCUT2D eigenvalue weighted by Crippen LogP contribution is 2.27. The average Bonchev–Trinajstić information content (AvgIpc) is 2.93. The Labute approximate surface area is 141 Å². The molecule has 0 aliphatic carbocycles. The van der Waals surface area contributed by atoms with Crippen molar-refractivity contribution in [3.63, 3.8) is 0 Å². The zero-order chi connectivity index (χ0) is 17.8. The number of aromatic nitrogens is 4. The van der Waals surface area contributed by atoms with Gasteiger partial charge in [-0.25, -0.2) is 4.79 Å². The van der Waals surface area contributed by atoms with Crippen molar-refractivity contribution in [2.24, 2.45) is 7.05 Å². The Balaban J connectivity index is 2.02. The van der Waals surface area contributed by atoms with E-state index in [1.807, 2.05) is 6.07 Å². The van der Waals surface area contributed by atoms with Gasteiger partial charge in [0.1, 0.15) is 18.1 Å². The Morgan fingerprint density at radius 2 is 1.84 bits per heavy atom. The van der Waals surface area contributed by atoms with Crippen LogP contribution in [-0.4, -0.2) is 26.4 Å². The lowest BCUT2D eigenvalue weighted by molar-refractivity contribution is -0.0508. The first-order valence-electron chi connectivity index (χ1n) is 7.30. The Morgan fingerprint density at radius 3 is 2.48 bits per heavy atom. The van der Waals surface area contributed by atoms with E-state index in [0.29, 0.717) is 5.75 Å². The normalized spacial score (nSPS) is 10.9. The summed E-state index contributed by atoms with van der Waals surface area (Å²) in [5, 5.41) is 7.37. The minimum Gasteiger partial charge on any atom is -0.489 e. The Hall–Kier alpha value is -3.23. The molecule has 0 saturated carbocycles. The fraction of sp³-hybridized carbons (Fsp3) is 0.188. The van der Waals surface area contributed by atoms with Gasteiger partial charge in [-0.2, -0.15) is 18.1 Å². The van der Waals surface area contributed by atoms with E-state index in [-0.39, 0.29) is 23.6 Å². The van der Waals surface area contributed by atoms with Crippen LogP contribution in [-0.2, 0) is 13.7 Å². The molecule has 0 bridgehead atoms. The molecule has 0 amide bonds. The maximum Gasteiger partial charge on any atom is 0.387 e. The largest absolute Gasteiger partial charge is 0.489 e. The number of ether oxygens (including phenoxy) is 2. The van der Waals surface area contributed by atoms with E-state index in [9.17, 15) is 13.6 Å². The topological polar surface area (TPSA) is 71.2 Å². The van der Waals surface area contributed by atoms with E-state index in [0.717, 1.165) is 9.36 Å².